The van der Waals surface area contributed by atoms with Crippen molar-refractivity contribution in [3.8, 4) is 0 Å². The fourth-order valence-corrected chi connectivity index (χ4v) is 3.60. The maximum atomic E-state index is 12.4. The molecule has 1 aliphatic rings. The van der Waals surface area contributed by atoms with Gasteiger partial charge >= 0.3 is 0 Å². The fourth-order valence-electron chi connectivity index (χ4n) is 2.57. The van der Waals surface area contributed by atoms with Gasteiger partial charge < -0.3 is 4.90 Å². The first-order chi connectivity index (χ1) is 11.0. The van der Waals surface area contributed by atoms with Gasteiger partial charge in [-0.1, -0.05) is 5.21 Å². The second kappa shape index (κ2) is 6.05. The summed E-state index contributed by atoms with van der Waals surface area (Å²) in [5, 5.41) is 13.0. The van der Waals surface area contributed by atoms with E-state index in [1.54, 1.807) is 17.0 Å². The van der Waals surface area contributed by atoms with Crippen LogP contribution in [-0.2, 0) is 27.8 Å². The number of hydrogen-bond donors (Lipinski definition) is 2. The molecule has 1 aromatic heterocycles. The number of sulfonamides is 1. The molecule has 0 aliphatic carbocycles. The van der Waals surface area contributed by atoms with Gasteiger partial charge in [0.05, 0.1) is 11.4 Å². The summed E-state index contributed by atoms with van der Waals surface area (Å²) in [4.78, 5) is 13.5. The standard InChI is InChI=1S/C13H16N6O3S/c1-9(20)19-6-2-3-10-7-11(4-5-12(10)19)23(21,22)14-8-13-15-17-18-16-13/h4-5,7,14H,2-3,6,8H2,1H3,(H,15,16,17,18). The average Bonchev–Trinajstić information content (AvgIpc) is 3.05. The Morgan fingerprint density at radius 3 is 2.96 bits per heavy atom. The number of rotatable bonds is 4. The SMILES string of the molecule is CC(=O)N1CCCc2cc(S(=O)(=O)NCc3nn[nH]n3)ccc21. The number of anilines is 1. The van der Waals surface area contributed by atoms with E-state index in [0.29, 0.717) is 6.54 Å². The van der Waals surface area contributed by atoms with Gasteiger partial charge in [0.1, 0.15) is 0 Å². The summed E-state index contributed by atoms with van der Waals surface area (Å²) >= 11 is 0. The van der Waals surface area contributed by atoms with Crippen LogP contribution in [0.2, 0.25) is 0 Å². The van der Waals surface area contributed by atoms with Gasteiger partial charge in [-0.3, -0.25) is 4.79 Å². The highest BCUT2D eigenvalue weighted by Gasteiger charge is 2.23. The lowest BCUT2D eigenvalue weighted by molar-refractivity contribution is -0.116. The summed E-state index contributed by atoms with van der Waals surface area (Å²) in [5.74, 6) is 0.214. The second-order valence-corrected chi connectivity index (χ2v) is 6.98. The van der Waals surface area contributed by atoms with Crippen molar-refractivity contribution in [2.75, 3.05) is 11.4 Å². The quantitative estimate of drug-likeness (QED) is 0.809. The fraction of sp³-hybridized carbons (Fsp3) is 0.385. The van der Waals surface area contributed by atoms with E-state index in [1.807, 2.05) is 0 Å². The predicted octanol–water partition coefficient (Wildman–Crippen LogP) is -0.0227. The smallest absolute Gasteiger partial charge is 0.240 e. The molecule has 0 spiro atoms. The van der Waals surface area contributed by atoms with Crippen molar-refractivity contribution >= 4 is 21.6 Å². The number of H-pyrrole nitrogens is 1. The largest absolute Gasteiger partial charge is 0.312 e. The summed E-state index contributed by atoms with van der Waals surface area (Å²) in [6.07, 6.45) is 1.56. The molecule has 0 atom stereocenters. The zero-order valence-electron chi connectivity index (χ0n) is 12.5. The molecule has 0 fully saturated rings. The Morgan fingerprint density at radius 1 is 1.43 bits per heavy atom. The minimum Gasteiger partial charge on any atom is -0.312 e. The van der Waals surface area contributed by atoms with E-state index in [2.05, 4.69) is 25.3 Å². The normalized spacial score (nSPS) is 14.6. The van der Waals surface area contributed by atoms with Crippen LogP contribution in [-0.4, -0.2) is 41.5 Å². The molecule has 0 unspecified atom stereocenters. The van der Waals surface area contributed by atoms with Crippen LogP contribution in [0.5, 0.6) is 0 Å². The number of aromatic amines is 1. The number of aromatic nitrogens is 4. The maximum Gasteiger partial charge on any atom is 0.240 e. The molecule has 3 rings (SSSR count). The number of benzene rings is 1. The molecular formula is C13H16N6O3S. The number of carbonyl (C=O) groups excluding carboxylic acids is 1. The maximum absolute atomic E-state index is 12.4. The Morgan fingerprint density at radius 2 is 2.26 bits per heavy atom. The lowest BCUT2D eigenvalue weighted by Crippen LogP contribution is -2.33. The van der Waals surface area contributed by atoms with Crippen LogP contribution in [0.1, 0.15) is 24.7 Å². The first-order valence-corrected chi connectivity index (χ1v) is 8.59. The number of aryl methyl sites for hydroxylation is 1. The molecular weight excluding hydrogens is 320 g/mol. The Kier molecular flexibility index (Phi) is 4.09. The van der Waals surface area contributed by atoms with Gasteiger partial charge in [0.25, 0.3) is 0 Å². The molecule has 0 saturated heterocycles. The molecule has 9 nitrogen and oxygen atoms in total. The number of nitrogens with one attached hydrogen (secondary N) is 2. The lowest BCUT2D eigenvalue weighted by atomic mass is 10.0. The zero-order valence-corrected chi connectivity index (χ0v) is 13.3. The van der Waals surface area contributed by atoms with E-state index in [4.69, 9.17) is 0 Å². The van der Waals surface area contributed by atoms with Crippen molar-refractivity contribution in [3.63, 3.8) is 0 Å². The molecule has 2 aromatic rings. The molecule has 10 heteroatoms. The first kappa shape index (κ1) is 15.6. The first-order valence-electron chi connectivity index (χ1n) is 7.10. The van der Waals surface area contributed by atoms with E-state index in [-0.39, 0.29) is 23.2 Å². The van der Waals surface area contributed by atoms with Gasteiger partial charge in [-0.2, -0.15) is 5.21 Å². The Bertz CT molecular complexity index is 818. The van der Waals surface area contributed by atoms with Crippen LogP contribution >= 0.6 is 0 Å². The van der Waals surface area contributed by atoms with Crippen molar-refractivity contribution in [1.82, 2.24) is 25.3 Å². The van der Waals surface area contributed by atoms with Gasteiger partial charge in [-0.05, 0) is 36.6 Å². The molecule has 0 bridgehead atoms. The highest BCUT2D eigenvalue weighted by Crippen LogP contribution is 2.29. The van der Waals surface area contributed by atoms with Crippen LogP contribution in [0.4, 0.5) is 5.69 Å². The summed E-state index contributed by atoms with van der Waals surface area (Å²) in [6.45, 7) is 2.12. The van der Waals surface area contributed by atoms with Gasteiger partial charge in [0.15, 0.2) is 5.82 Å². The van der Waals surface area contributed by atoms with Gasteiger partial charge in [-0.15, -0.1) is 10.2 Å². The third-order valence-corrected chi connectivity index (χ3v) is 5.07. The van der Waals surface area contributed by atoms with Crippen molar-refractivity contribution in [2.45, 2.75) is 31.2 Å². The van der Waals surface area contributed by atoms with Crippen LogP contribution in [0.15, 0.2) is 23.1 Å². The molecule has 2 heterocycles. The molecule has 0 radical (unpaired) electrons. The molecule has 1 aliphatic heterocycles. The number of hydrogen-bond acceptors (Lipinski definition) is 6. The highest BCUT2D eigenvalue weighted by atomic mass is 32.2. The molecule has 0 saturated carbocycles. The minimum atomic E-state index is -3.68. The molecule has 1 amide bonds. The molecule has 1 aromatic carbocycles. The van der Waals surface area contributed by atoms with Crippen LogP contribution < -0.4 is 9.62 Å². The van der Waals surface area contributed by atoms with Crippen molar-refractivity contribution < 1.29 is 13.2 Å². The molecule has 23 heavy (non-hydrogen) atoms. The Balaban J connectivity index is 1.84. The monoisotopic (exact) mass is 336 g/mol. The van der Waals surface area contributed by atoms with Gasteiger partial charge in [0, 0.05) is 19.2 Å². The summed E-state index contributed by atoms with van der Waals surface area (Å²) < 4.78 is 27.1. The van der Waals surface area contributed by atoms with E-state index >= 15 is 0 Å². The van der Waals surface area contributed by atoms with Crippen LogP contribution in [0.3, 0.4) is 0 Å². The van der Waals surface area contributed by atoms with E-state index in [1.165, 1.54) is 13.0 Å². The van der Waals surface area contributed by atoms with Crippen LogP contribution in [0.25, 0.3) is 0 Å². The summed E-state index contributed by atoms with van der Waals surface area (Å²) in [6, 6.07) is 4.79. The number of amides is 1. The predicted molar refractivity (Wildman–Crippen MR) is 81.0 cm³/mol. The highest BCUT2D eigenvalue weighted by molar-refractivity contribution is 7.89. The number of carbonyl (C=O) groups is 1. The molecule has 122 valence electrons. The van der Waals surface area contributed by atoms with Crippen molar-refractivity contribution in [3.05, 3.63) is 29.6 Å². The Labute approximate surface area is 133 Å². The second-order valence-electron chi connectivity index (χ2n) is 5.22. The Hall–Kier alpha value is -2.33. The minimum absolute atomic E-state index is 0.0446. The van der Waals surface area contributed by atoms with E-state index < -0.39 is 10.0 Å². The third-order valence-electron chi connectivity index (χ3n) is 3.67. The number of tetrazole rings is 1. The van der Waals surface area contributed by atoms with Gasteiger partial charge in [-0.25, -0.2) is 13.1 Å². The van der Waals surface area contributed by atoms with Crippen molar-refractivity contribution in [2.24, 2.45) is 0 Å². The zero-order chi connectivity index (χ0) is 16.4. The topological polar surface area (TPSA) is 121 Å². The summed E-state index contributed by atoms with van der Waals surface area (Å²) in [7, 11) is -3.68. The third kappa shape index (κ3) is 3.22. The molecule has 2 N–H and O–H groups in total. The van der Waals surface area contributed by atoms with Crippen molar-refractivity contribution in [1.29, 1.82) is 0 Å². The van der Waals surface area contributed by atoms with E-state index in [9.17, 15) is 13.2 Å². The lowest BCUT2D eigenvalue weighted by Gasteiger charge is -2.28. The average molecular weight is 336 g/mol. The van der Waals surface area contributed by atoms with Gasteiger partial charge in [0.2, 0.25) is 15.9 Å². The number of nitrogens with zero attached hydrogens (tertiary/aromatic N) is 4. The summed E-state index contributed by atoms with van der Waals surface area (Å²) in [5.41, 5.74) is 1.63. The van der Waals surface area contributed by atoms with E-state index in [0.717, 1.165) is 24.1 Å². The number of fused-ring (bicyclic) bond motifs is 1. The van der Waals surface area contributed by atoms with Crippen LogP contribution in [0, 0.1) is 0 Å².